The van der Waals surface area contributed by atoms with Gasteiger partial charge in [-0.1, -0.05) is 47.8 Å². The number of nitrogen functional groups attached to an aromatic ring is 1. The fourth-order valence-electron chi connectivity index (χ4n) is 0.785. The molecule has 0 amide bonds. The molecule has 1 nitrogen and oxygen atoms in total. The molecule has 66 valence electrons. The Morgan fingerprint density at radius 2 is 1.75 bits per heavy atom. The molecule has 2 N–H and O–H groups in total. The first kappa shape index (κ1) is 11.0. The van der Waals surface area contributed by atoms with Crippen molar-refractivity contribution in [3.8, 4) is 0 Å². The standard InChI is InChI=1S/C7H5Br4N/c8-3-1-4(7(10)11)6(12)5(9)2-3/h1-2,7H,12H2. The number of hydrogen-bond donors (Lipinski definition) is 1. The normalized spacial score (nSPS) is 10.8. The lowest BCUT2D eigenvalue weighted by molar-refractivity contribution is 1.39. The van der Waals surface area contributed by atoms with Crippen molar-refractivity contribution < 1.29 is 0 Å². The highest BCUT2D eigenvalue weighted by molar-refractivity contribution is 9.24. The van der Waals surface area contributed by atoms with E-state index in [2.05, 4.69) is 63.7 Å². The lowest BCUT2D eigenvalue weighted by Gasteiger charge is -2.08. The van der Waals surface area contributed by atoms with Crippen LogP contribution in [-0.4, -0.2) is 0 Å². The molecule has 0 unspecified atom stereocenters. The first-order valence-corrected chi connectivity index (χ1v) is 6.46. The molecule has 1 aromatic rings. The summed E-state index contributed by atoms with van der Waals surface area (Å²) in [6, 6.07) is 3.88. The summed E-state index contributed by atoms with van der Waals surface area (Å²) < 4.78 is 1.98. The first-order chi connectivity index (χ1) is 5.52. The quantitative estimate of drug-likeness (QED) is 0.520. The van der Waals surface area contributed by atoms with Crippen LogP contribution < -0.4 is 5.73 Å². The fourth-order valence-corrected chi connectivity index (χ4v) is 2.80. The van der Waals surface area contributed by atoms with Gasteiger partial charge in [-0.2, -0.15) is 0 Å². The molecule has 1 rings (SSSR count). The van der Waals surface area contributed by atoms with Crippen LogP contribution in [0.4, 0.5) is 5.69 Å². The SMILES string of the molecule is Nc1c(Br)cc(Br)cc1C(Br)Br. The van der Waals surface area contributed by atoms with Crippen molar-refractivity contribution in [2.75, 3.05) is 5.73 Å². The van der Waals surface area contributed by atoms with E-state index >= 15 is 0 Å². The van der Waals surface area contributed by atoms with Gasteiger partial charge in [-0.3, -0.25) is 0 Å². The van der Waals surface area contributed by atoms with Crippen molar-refractivity contribution in [3.05, 3.63) is 26.6 Å². The molecule has 0 saturated carbocycles. The Labute approximate surface area is 105 Å². The smallest absolute Gasteiger partial charge is 0.0967 e. The zero-order valence-electron chi connectivity index (χ0n) is 5.82. The summed E-state index contributed by atoms with van der Waals surface area (Å²) in [6.07, 6.45) is 0. The monoisotopic (exact) mass is 419 g/mol. The maximum absolute atomic E-state index is 5.82. The second-order valence-corrected chi connectivity index (χ2v) is 7.02. The van der Waals surface area contributed by atoms with Crippen LogP contribution in [0.25, 0.3) is 0 Å². The first-order valence-electron chi connectivity index (χ1n) is 3.05. The highest BCUT2D eigenvalue weighted by Gasteiger charge is 2.10. The maximum atomic E-state index is 5.82. The third-order valence-electron chi connectivity index (χ3n) is 1.36. The van der Waals surface area contributed by atoms with E-state index in [1.807, 2.05) is 12.1 Å². The van der Waals surface area contributed by atoms with Crippen LogP contribution in [-0.2, 0) is 0 Å². The third kappa shape index (κ3) is 2.47. The largest absolute Gasteiger partial charge is 0.398 e. The Morgan fingerprint density at radius 1 is 1.17 bits per heavy atom. The Balaban J connectivity index is 3.28. The number of halogens is 4. The van der Waals surface area contributed by atoms with Crippen LogP contribution in [0.2, 0.25) is 0 Å². The van der Waals surface area contributed by atoms with E-state index in [9.17, 15) is 0 Å². The molecule has 0 fully saturated rings. The second kappa shape index (κ2) is 4.44. The molecule has 0 saturated heterocycles. The number of rotatable bonds is 1. The van der Waals surface area contributed by atoms with Gasteiger partial charge in [-0.05, 0) is 28.1 Å². The van der Waals surface area contributed by atoms with Gasteiger partial charge in [-0.15, -0.1) is 0 Å². The summed E-state index contributed by atoms with van der Waals surface area (Å²) in [5, 5.41) is 0. The van der Waals surface area contributed by atoms with Crippen LogP contribution in [0.5, 0.6) is 0 Å². The van der Waals surface area contributed by atoms with E-state index in [1.165, 1.54) is 0 Å². The maximum Gasteiger partial charge on any atom is 0.0967 e. The summed E-state index contributed by atoms with van der Waals surface area (Å²) in [6.45, 7) is 0. The molecule has 0 aliphatic rings. The third-order valence-corrected chi connectivity index (χ3v) is 3.46. The van der Waals surface area contributed by atoms with Crippen LogP contribution >= 0.6 is 63.7 Å². The molecule has 0 aliphatic heterocycles. The number of anilines is 1. The molecule has 0 bridgehead atoms. The van der Waals surface area contributed by atoms with Gasteiger partial charge < -0.3 is 5.73 Å². The van der Waals surface area contributed by atoms with Crippen molar-refractivity contribution >= 4 is 69.4 Å². The Hall–Kier alpha value is 0.940. The highest BCUT2D eigenvalue weighted by Crippen LogP contribution is 2.38. The van der Waals surface area contributed by atoms with Crippen molar-refractivity contribution in [2.24, 2.45) is 0 Å². The average molecular weight is 423 g/mol. The zero-order valence-corrected chi connectivity index (χ0v) is 12.2. The highest BCUT2D eigenvalue weighted by atomic mass is 79.9. The summed E-state index contributed by atoms with van der Waals surface area (Å²) >= 11 is 13.5. The zero-order chi connectivity index (χ0) is 9.30. The molecule has 0 spiro atoms. The summed E-state index contributed by atoms with van der Waals surface area (Å²) in [5.41, 5.74) is 7.58. The van der Waals surface area contributed by atoms with E-state index in [4.69, 9.17) is 5.73 Å². The molecular weight excluding hydrogens is 418 g/mol. The van der Waals surface area contributed by atoms with Gasteiger partial charge in [0.2, 0.25) is 0 Å². The van der Waals surface area contributed by atoms with Crippen LogP contribution in [0.3, 0.4) is 0 Å². The summed E-state index contributed by atoms with van der Waals surface area (Å²) in [5.74, 6) is 0. The van der Waals surface area contributed by atoms with Gasteiger partial charge in [-0.25, -0.2) is 0 Å². The summed E-state index contributed by atoms with van der Waals surface area (Å²) in [4.78, 5) is 0. The van der Waals surface area contributed by atoms with Gasteiger partial charge >= 0.3 is 0 Å². The molecule has 0 radical (unpaired) electrons. The Bertz CT molecular complexity index is 298. The molecular formula is C7H5Br4N. The number of hydrogen-bond acceptors (Lipinski definition) is 1. The van der Waals surface area contributed by atoms with Crippen LogP contribution in [0.1, 0.15) is 9.30 Å². The molecule has 5 heteroatoms. The van der Waals surface area contributed by atoms with Crippen LogP contribution in [0, 0.1) is 0 Å². The Morgan fingerprint density at radius 3 is 2.25 bits per heavy atom. The molecule has 0 aromatic heterocycles. The Kier molecular flexibility index (Phi) is 4.08. The minimum absolute atomic E-state index is 0.0822. The number of alkyl halides is 2. The molecule has 0 heterocycles. The molecule has 0 aliphatic carbocycles. The predicted molar refractivity (Wildman–Crippen MR) is 66.8 cm³/mol. The minimum atomic E-state index is 0.0822. The second-order valence-electron chi connectivity index (χ2n) is 2.19. The lowest BCUT2D eigenvalue weighted by atomic mass is 10.2. The van der Waals surface area contributed by atoms with Crippen molar-refractivity contribution in [3.63, 3.8) is 0 Å². The molecule has 0 atom stereocenters. The van der Waals surface area contributed by atoms with Gasteiger partial charge in [0.1, 0.15) is 0 Å². The van der Waals surface area contributed by atoms with Gasteiger partial charge in [0.15, 0.2) is 0 Å². The predicted octanol–water partition coefficient (Wildman–Crippen LogP) is 4.58. The van der Waals surface area contributed by atoms with Crippen molar-refractivity contribution in [1.82, 2.24) is 0 Å². The lowest BCUT2D eigenvalue weighted by Crippen LogP contribution is -1.94. The van der Waals surface area contributed by atoms with Gasteiger partial charge in [0.25, 0.3) is 0 Å². The fraction of sp³-hybridized carbons (Fsp3) is 0.143. The minimum Gasteiger partial charge on any atom is -0.398 e. The number of nitrogens with two attached hydrogens (primary N) is 1. The topological polar surface area (TPSA) is 26.0 Å². The van der Waals surface area contributed by atoms with E-state index in [0.29, 0.717) is 0 Å². The average Bonchev–Trinajstić information content (AvgIpc) is 1.96. The summed E-state index contributed by atoms with van der Waals surface area (Å²) in [7, 11) is 0. The van der Waals surface area contributed by atoms with Crippen LogP contribution in [0.15, 0.2) is 21.1 Å². The van der Waals surface area contributed by atoms with Crippen molar-refractivity contribution in [2.45, 2.75) is 3.74 Å². The van der Waals surface area contributed by atoms with E-state index < -0.39 is 0 Å². The molecule has 12 heavy (non-hydrogen) atoms. The van der Waals surface area contributed by atoms with E-state index in [0.717, 1.165) is 20.2 Å². The van der Waals surface area contributed by atoms with E-state index in [1.54, 1.807) is 0 Å². The molecule has 1 aromatic carbocycles. The van der Waals surface area contributed by atoms with Crippen molar-refractivity contribution in [1.29, 1.82) is 0 Å². The number of benzene rings is 1. The van der Waals surface area contributed by atoms with E-state index in [-0.39, 0.29) is 3.74 Å². The van der Waals surface area contributed by atoms with Gasteiger partial charge in [0, 0.05) is 14.5 Å². The van der Waals surface area contributed by atoms with Gasteiger partial charge in [0.05, 0.1) is 9.42 Å².